The zero-order valence-corrected chi connectivity index (χ0v) is 10.5. The predicted octanol–water partition coefficient (Wildman–Crippen LogP) is 3.89. The van der Waals surface area contributed by atoms with Gasteiger partial charge in [-0.15, -0.1) is 0 Å². The lowest BCUT2D eigenvalue weighted by molar-refractivity contribution is 0.415. The van der Waals surface area contributed by atoms with Crippen molar-refractivity contribution in [3.8, 4) is 17.1 Å². The first-order valence-electron chi connectivity index (χ1n) is 5.56. The molecule has 3 aromatic rings. The van der Waals surface area contributed by atoms with Crippen molar-refractivity contribution >= 4 is 22.6 Å². The summed E-state index contributed by atoms with van der Waals surface area (Å²) in [5.74, 6) is 1.52. The summed E-state index contributed by atoms with van der Waals surface area (Å²) in [5, 5.41) is 0.586. The number of nitrogens with zero attached hydrogens (tertiary/aromatic N) is 1. The first-order valence-corrected chi connectivity index (χ1v) is 5.94. The van der Waals surface area contributed by atoms with E-state index in [2.05, 4.69) is 9.97 Å². The Morgan fingerprint density at radius 2 is 1.94 bits per heavy atom. The van der Waals surface area contributed by atoms with Crippen LogP contribution in [0, 0.1) is 0 Å². The van der Waals surface area contributed by atoms with Crippen molar-refractivity contribution in [2.24, 2.45) is 0 Å². The minimum absolute atomic E-state index is 0.586. The van der Waals surface area contributed by atoms with Crippen LogP contribution in [0.15, 0.2) is 42.5 Å². The Kier molecular flexibility index (Phi) is 2.68. The number of aromatic nitrogens is 2. The van der Waals surface area contributed by atoms with Crippen LogP contribution in [0.2, 0.25) is 5.02 Å². The van der Waals surface area contributed by atoms with Crippen molar-refractivity contribution < 1.29 is 4.74 Å². The molecule has 0 spiro atoms. The molecule has 0 fully saturated rings. The molecule has 0 amide bonds. The van der Waals surface area contributed by atoms with E-state index in [0.717, 1.165) is 28.2 Å². The topological polar surface area (TPSA) is 37.9 Å². The molecular formula is C14H11ClN2O. The van der Waals surface area contributed by atoms with Gasteiger partial charge in [0.05, 0.1) is 17.6 Å². The lowest BCUT2D eigenvalue weighted by Gasteiger charge is -1.99. The molecule has 1 aromatic heterocycles. The first-order chi connectivity index (χ1) is 8.78. The van der Waals surface area contributed by atoms with E-state index in [1.54, 1.807) is 13.2 Å². The van der Waals surface area contributed by atoms with Gasteiger partial charge in [0, 0.05) is 17.7 Å². The fraction of sp³-hybridized carbons (Fsp3) is 0.0714. The van der Waals surface area contributed by atoms with Gasteiger partial charge in [-0.3, -0.25) is 0 Å². The van der Waals surface area contributed by atoms with Crippen LogP contribution in [-0.4, -0.2) is 17.1 Å². The molecule has 4 heteroatoms. The molecule has 0 atom stereocenters. The molecule has 0 saturated carbocycles. The number of nitrogens with one attached hydrogen (secondary N) is 1. The average Bonchev–Trinajstić information content (AvgIpc) is 2.84. The van der Waals surface area contributed by atoms with Gasteiger partial charge in [0.2, 0.25) is 0 Å². The van der Waals surface area contributed by atoms with Crippen LogP contribution in [0.4, 0.5) is 0 Å². The minimum atomic E-state index is 0.586. The predicted molar refractivity (Wildman–Crippen MR) is 73.1 cm³/mol. The second-order valence-corrected chi connectivity index (χ2v) is 4.36. The van der Waals surface area contributed by atoms with Gasteiger partial charge in [-0.2, -0.15) is 0 Å². The Balaban J connectivity index is 2.20. The zero-order valence-electron chi connectivity index (χ0n) is 9.77. The summed E-state index contributed by atoms with van der Waals surface area (Å²) in [6.45, 7) is 0. The molecule has 18 heavy (non-hydrogen) atoms. The number of methoxy groups -OCH3 is 1. The molecule has 1 heterocycles. The molecular weight excluding hydrogens is 248 g/mol. The summed E-state index contributed by atoms with van der Waals surface area (Å²) in [4.78, 5) is 7.77. The van der Waals surface area contributed by atoms with Crippen molar-refractivity contribution in [3.05, 3.63) is 47.5 Å². The van der Waals surface area contributed by atoms with Crippen LogP contribution in [-0.2, 0) is 0 Å². The SMILES string of the molecule is COc1cc(Cl)c2nc(-c3ccccc3)[nH]c2c1. The van der Waals surface area contributed by atoms with Gasteiger partial charge in [0.25, 0.3) is 0 Å². The number of ether oxygens (including phenoxy) is 1. The highest BCUT2D eigenvalue weighted by Gasteiger charge is 2.09. The molecule has 0 unspecified atom stereocenters. The number of H-pyrrole nitrogens is 1. The van der Waals surface area contributed by atoms with Crippen LogP contribution in [0.25, 0.3) is 22.4 Å². The summed E-state index contributed by atoms with van der Waals surface area (Å²) in [6.07, 6.45) is 0. The first kappa shape index (κ1) is 11.1. The monoisotopic (exact) mass is 258 g/mol. The quantitative estimate of drug-likeness (QED) is 0.757. The van der Waals surface area contributed by atoms with Crippen LogP contribution >= 0.6 is 11.6 Å². The molecule has 0 saturated heterocycles. The highest BCUT2D eigenvalue weighted by Crippen LogP contribution is 2.29. The van der Waals surface area contributed by atoms with E-state index < -0.39 is 0 Å². The van der Waals surface area contributed by atoms with E-state index in [0.29, 0.717) is 5.02 Å². The van der Waals surface area contributed by atoms with Crippen LogP contribution in [0.5, 0.6) is 5.75 Å². The van der Waals surface area contributed by atoms with E-state index >= 15 is 0 Å². The molecule has 0 bridgehead atoms. The highest BCUT2D eigenvalue weighted by atomic mass is 35.5. The summed E-state index contributed by atoms with van der Waals surface area (Å²) in [6, 6.07) is 13.6. The maximum absolute atomic E-state index is 6.18. The number of halogens is 1. The van der Waals surface area contributed by atoms with Gasteiger partial charge in [0.15, 0.2) is 0 Å². The Morgan fingerprint density at radius 3 is 2.67 bits per heavy atom. The normalized spacial score (nSPS) is 10.8. The van der Waals surface area contributed by atoms with Crippen molar-refractivity contribution in [1.82, 2.24) is 9.97 Å². The molecule has 0 aliphatic heterocycles. The standard InChI is InChI=1S/C14H11ClN2O/c1-18-10-7-11(15)13-12(8-10)16-14(17-13)9-5-3-2-4-6-9/h2-8H,1H3,(H,16,17). The maximum Gasteiger partial charge on any atom is 0.138 e. The second kappa shape index (κ2) is 4.35. The summed E-state index contributed by atoms with van der Waals surface area (Å²) in [7, 11) is 1.62. The van der Waals surface area contributed by atoms with Gasteiger partial charge >= 0.3 is 0 Å². The number of aromatic amines is 1. The van der Waals surface area contributed by atoms with Gasteiger partial charge < -0.3 is 9.72 Å². The summed E-state index contributed by atoms with van der Waals surface area (Å²) < 4.78 is 5.19. The van der Waals surface area contributed by atoms with Crippen LogP contribution < -0.4 is 4.74 Å². The van der Waals surface area contributed by atoms with E-state index in [4.69, 9.17) is 16.3 Å². The number of benzene rings is 2. The summed E-state index contributed by atoms with van der Waals surface area (Å²) >= 11 is 6.18. The molecule has 90 valence electrons. The van der Waals surface area contributed by atoms with Gasteiger partial charge in [-0.1, -0.05) is 41.9 Å². The Hall–Kier alpha value is -2.00. The largest absolute Gasteiger partial charge is 0.497 e. The minimum Gasteiger partial charge on any atom is -0.497 e. The Labute approximate surface area is 109 Å². The number of hydrogen-bond acceptors (Lipinski definition) is 2. The smallest absolute Gasteiger partial charge is 0.138 e. The molecule has 0 aliphatic carbocycles. The number of hydrogen-bond donors (Lipinski definition) is 1. The third-order valence-electron chi connectivity index (χ3n) is 2.80. The number of imidazole rings is 1. The van der Waals surface area contributed by atoms with Gasteiger partial charge in [-0.25, -0.2) is 4.98 Å². The highest BCUT2D eigenvalue weighted by molar-refractivity contribution is 6.35. The third kappa shape index (κ3) is 1.83. The molecule has 3 rings (SSSR count). The Bertz CT molecular complexity index is 692. The van der Waals surface area contributed by atoms with E-state index in [1.807, 2.05) is 36.4 Å². The number of fused-ring (bicyclic) bond motifs is 1. The fourth-order valence-electron chi connectivity index (χ4n) is 1.90. The third-order valence-corrected chi connectivity index (χ3v) is 3.08. The molecule has 3 nitrogen and oxygen atoms in total. The van der Waals surface area contributed by atoms with Crippen molar-refractivity contribution in [2.75, 3.05) is 7.11 Å². The van der Waals surface area contributed by atoms with Crippen molar-refractivity contribution in [2.45, 2.75) is 0 Å². The molecule has 0 aliphatic rings. The van der Waals surface area contributed by atoms with Crippen molar-refractivity contribution in [1.29, 1.82) is 0 Å². The fourth-order valence-corrected chi connectivity index (χ4v) is 2.15. The maximum atomic E-state index is 6.18. The van der Waals surface area contributed by atoms with E-state index in [-0.39, 0.29) is 0 Å². The van der Waals surface area contributed by atoms with Crippen LogP contribution in [0.1, 0.15) is 0 Å². The number of rotatable bonds is 2. The van der Waals surface area contributed by atoms with Crippen LogP contribution in [0.3, 0.4) is 0 Å². The van der Waals surface area contributed by atoms with Gasteiger partial charge in [0.1, 0.15) is 17.1 Å². The van der Waals surface area contributed by atoms with Crippen molar-refractivity contribution in [3.63, 3.8) is 0 Å². The molecule has 2 aromatic carbocycles. The summed E-state index contributed by atoms with van der Waals surface area (Å²) in [5.41, 5.74) is 2.67. The zero-order chi connectivity index (χ0) is 12.5. The van der Waals surface area contributed by atoms with E-state index in [9.17, 15) is 0 Å². The van der Waals surface area contributed by atoms with E-state index in [1.165, 1.54) is 0 Å². The average molecular weight is 259 g/mol. The second-order valence-electron chi connectivity index (χ2n) is 3.96. The molecule has 1 N–H and O–H groups in total. The van der Waals surface area contributed by atoms with Gasteiger partial charge in [-0.05, 0) is 0 Å². The molecule has 0 radical (unpaired) electrons. The Morgan fingerprint density at radius 1 is 1.17 bits per heavy atom. The lowest BCUT2D eigenvalue weighted by Crippen LogP contribution is -1.82. The lowest BCUT2D eigenvalue weighted by atomic mass is 10.2.